The Morgan fingerprint density at radius 1 is 0.300 bits per heavy atom. The lowest BCUT2D eigenvalue weighted by Gasteiger charge is -2.10. The van der Waals surface area contributed by atoms with Crippen LogP contribution in [0.3, 0.4) is 0 Å². The fourth-order valence-electron chi connectivity index (χ4n) is 3.72. The van der Waals surface area contributed by atoms with E-state index < -0.39 is 0 Å². The first-order valence-corrected chi connectivity index (χ1v) is 9.98. The van der Waals surface area contributed by atoms with Gasteiger partial charge in [0, 0.05) is 24.8 Å². The SMILES string of the molecule is c1cc(-c2ccncc2)cc(-c2cccc(-c3cccc(-c4ccncc4)c3)c2)c1. The molecule has 0 unspecified atom stereocenters. The smallest absolute Gasteiger partial charge is 0.0273 e. The van der Waals surface area contributed by atoms with Gasteiger partial charge in [0.2, 0.25) is 0 Å². The first kappa shape index (κ1) is 18.0. The summed E-state index contributed by atoms with van der Waals surface area (Å²) in [5, 5.41) is 0. The van der Waals surface area contributed by atoms with Crippen LogP contribution < -0.4 is 0 Å². The van der Waals surface area contributed by atoms with Gasteiger partial charge in [-0.15, -0.1) is 0 Å². The van der Waals surface area contributed by atoms with Gasteiger partial charge in [0.05, 0.1) is 0 Å². The largest absolute Gasteiger partial charge is 0.265 e. The zero-order valence-electron chi connectivity index (χ0n) is 16.4. The predicted octanol–water partition coefficient (Wildman–Crippen LogP) is 7.14. The summed E-state index contributed by atoms with van der Waals surface area (Å²) >= 11 is 0. The van der Waals surface area contributed by atoms with Gasteiger partial charge < -0.3 is 0 Å². The molecule has 0 N–H and O–H groups in total. The molecule has 5 rings (SSSR count). The Morgan fingerprint density at radius 3 is 0.867 bits per heavy atom. The molecule has 2 nitrogen and oxygen atoms in total. The third-order valence-electron chi connectivity index (χ3n) is 5.28. The van der Waals surface area contributed by atoms with E-state index in [1.165, 1.54) is 44.5 Å². The van der Waals surface area contributed by atoms with Crippen LogP contribution in [0, 0.1) is 0 Å². The number of benzene rings is 3. The first-order valence-electron chi connectivity index (χ1n) is 9.98. The summed E-state index contributed by atoms with van der Waals surface area (Å²) in [6.07, 6.45) is 7.33. The van der Waals surface area contributed by atoms with Crippen LogP contribution in [0.25, 0.3) is 44.5 Å². The van der Waals surface area contributed by atoms with Crippen LogP contribution in [0.2, 0.25) is 0 Å². The molecule has 0 bridgehead atoms. The van der Waals surface area contributed by atoms with Crippen LogP contribution in [-0.4, -0.2) is 9.97 Å². The van der Waals surface area contributed by atoms with Gasteiger partial charge in [0.15, 0.2) is 0 Å². The normalized spacial score (nSPS) is 10.7. The Bertz CT molecular complexity index is 1180. The molecule has 3 aromatic carbocycles. The van der Waals surface area contributed by atoms with Gasteiger partial charge in [-0.05, 0) is 87.0 Å². The molecule has 2 heteroatoms. The molecule has 0 atom stereocenters. The average molecular weight is 384 g/mol. The molecule has 0 radical (unpaired) electrons. The van der Waals surface area contributed by atoms with Crippen molar-refractivity contribution in [3.63, 3.8) is 0 Å². The van der Waals surface area contributed by atoms with E-state index >= 15 is 0 Å². The number of nitrogens with zero attached hydrogens (tertiary/aromatic N) is 2. The van der Waals surface area contributed by atoms with Gasteiger partial charge in [0.25, 0.3) is 0 Å². The molecule has 2 aromatic heterocycles. The van der Waals surface area contributed by atoms with Crippen LogP contribution in [0.15, 0.2) is 122 Å². The van der Waals surface area contributed by atoms with Crippen LogP contribution in [0.1, 0.15) is 0 Å². The van der Waals surface area contributed by atoms with E-state index in [4.69, 9.17) is 0 Å². The maximum Gasteiger partial charge on any atom is 0.0273 e. The monoisotopic (exact) mass is 384 g/mol. The number of rotatable bonds is 4. The molecule has 0 fully saturated rings. The van der Waals surface area contributed by atoms with E-state index in [0.717, 1.165) is 0 Å². The molecule has 0 aliphatic heterocycles. The summed E-state index contributed by atoms with van der Waals surface area (Å²) < 4.78 is 0. The summed E-state index contributed by atoms with van der Waals surface area (Å²) in [6.45, 7) is 0. The summed E-state index contributed by atoms with van der Waals surface area (Å²) in [5.74, 6) is 0. The topological polar surface area (TPSA) is 25.8 Å². The maximum atomic E-state index is 4.12. The Hall–Kier alpha value is -4.04. The van der Waals surface area contributed by atoms with E-state index in [0.29, 0.717) is 0 Å². The van der Waals surface area contributed by atoms with Gasteiger partial charge in [-0.1, -0.05) is 54.6 Å². The second-order valence-corrected chi connectivity index (χ2v) is 7.21. The minimum Gasteiger partial charge on any atom is -0.265 e. The van der Waals surface area contributed by atoms with Crippen molar-refractivity contribution in [2.75, 3.05) is 0 Å². The Labute approximate surface area is 176 Å². The minimum absolute atomic E-state index is 1.17. The average Bonchev–Trinajstić information content (AvgIpc) is 2.85. The van der Waals surface area contributed by atoms with Crippen LogP contribution in [0.4, 0.5) is 0 Å². The van der Waals surface area contributed by atoms with Crippen molar-refractivity contribution in [2.24, 2.45) is 0 Å². The molecule has 0 aliphatic carbocycles. The molecule has 5 aromatic rings. The highest BCUT2D eigenvalue weighted by molar-refractivity contribution is 5.78. The van der Waals surface area contributed by atoms with E-state index in [1.807, 2.05) is 49.1 Å². The highest BCUT2D eigenvalue weighted by Crippen LogP contribution is 2.31. The lowest BCUT2D eigenvalue weighted by molar-refractivity contribution is 1.33. The molecule has 0 saturated carbocycles. The van der Waals surface area contributed by atoms with Crippen molar-refractivity contribution in [1.82, 2.24) is 9.97 Å². The molecule has 0 spiro atoms. The third-order valence-corrected chi connectivity index (χ3v) is 5.28. The number of hydrogen-bond donors (Lipinski definition) is 0. The van der Waals surface area contributed by atoms with Crippen molar-refractivity contribution in [1.29, 1.82) is 0 Å². The minimum atomic E-state index is 1.17. The van der Waals surface area contributed by atoms with Gasteiger partial charge in [-0.25, -0.2) is 0 Å². The molecule has 142 valence electrons. The van der Waals surface area contributed by atoms with E-state index in [9.17, 15) is 0 Å². The van der Waals surface area contributed by atoms with Crippen molar-refractivity contribution >= 4 is 0 Å². The van der Waals surface area contributed by atoms with Gasteiger partial charge in [-0.3, -0.25) is 9.97 Å². The standard InChI is InChI=1S/C28H20N2/c1-4-23(21-10-14-29-15-11-21)18-25(6-1)27-8-3-9-28(20-27)26-7-2-5-24(19-26)22-12-16-30-17-13-22/h1-20H. The van der Waals surface area contributed by atoms with Crippen molar-refractivity contribution in [3.8, 4) is 44.5 Å². The van der Waals surface area contributed by atoms with E-state index in [-0.39, 0.29) is 0 Å². The van der Waals surface area contributed by atoms with Crippen LogP contribution in [0.5, 0.6) is 0 Å². The fourth-order valence-corrected chi connectivity index (χ4v) is 3.72. The van der Waals surface area contributed by atoms with Crippen molar-refractivity contribution in [2.45, 2.75) is 0 Å². The molecule has 30 heavy (non-hydrogen) atoms. The van der Waals surface area contributed by atoms with Gasteiger partial charge >= 0.3 is 0 Å². The predicted molar refractivity (Wildman–Crippen MR) is 124 cm³/mol. The summed E-state index contributed by atoms with van der Waals surface area (Å²) in [4.78, 5) is 8.24. The molecular formula is C28H20N2. The lowest BCUT2D eigenvalue weighted by Crippen LogP contribution is -1.85. The fraction of sp³-hybridized carbons (Fsp3) is 0. The van der Waals surface area contributed by atoms with Crippen molar-refractivity contribution in [3.05, 3.63) is 122 Å². The summed E-state index contributed by atoms with van der Waals surface area (Å²) in [6, 6.07) is 34.2. The number of pyridine rings is 2. The Balaban J connectivity index is 1.52. The third kappa shape index (κ3) is 3.76. The highest BCUT2D eigenvalue weighted by Gasteiger charge is 2.05. The van der Waals surface area contributed by atoms with Gasteiger partial charge in [-0.2, -0.15) is 0 Å². The molecule has 0 aliphatic rings. The van der Waals surface area contributed by atoms with E-state index in [2.05, 4.69) is 82.8 Å². The Kier molecular flexibility index (Phi) is 4.89. The van der Waals surface area contributed by atoms with Crippen LogP contribution in [-0.2, 0) is 0 Å². The molecular weight excluding hydrogens is 364 g/mol. The number of aromatic nitrogens is 2. The summed E-state index contributed by atoms with van der Waals surface area (Å²) in [5.41, 5.74) is 9.56. The van der Waals surface area contributed by atoms with Crippen LogP contribution >= 0.6 is 0 Å². The zero-order chi connectivity index (χ0) is 20.2. The van der Waals surface area contributed by atoms with Gasteiger partial charge in [0.1, 0.15) is 0 Å². The highest BCUT2D eigenvalue weighted by atomic mass is 14.6. The second kappa shape index (κ2) is 8.14. The lowest BCUT2D eigenvalue weighted by atomic mass is 9.95. The second-order valence-electron chi connectivity index (χ2n) is 7.21. The number of hydrogen-bond acceptors (Lipinski definition) is 2. The van der Waals surface area contributed by atoms with E-state index in [1.54, 1.807) is 0 Å². The Morgan fingerprint density at radius 2 is 0.567 bits per heavy atom. The molecule has 2 heterocycles. The quantitative estimate of drug-likeness (QED) is 0.329. The van der Waals surface area contributed by atoms with Crippen molar-refractivity contribution < 1.29 is 0 Å². The zero-order valence-corrected chi connectivity index (χ0v) is 16.4. The molecule has 0 saturated heterocycles. The summed E-state index contributed by atoms with van der Waals surface area (Å²) in [7, 11) is 0. The first-order chi connectivity index (χ1) is 14.9. The maximum absolute atomic E-state index is 4.12. The molecule has 0 amide bonds.